The van der Waals surface area contributed by atoms with Crippen LogP contribution in [0.25, 0.3) is 0 Å². The second-order valence-electron chi connectivity index (χ2n) is 6.68. The molecule has 2 atom stereocenters. The maximum absolute atomic E-state index is 6.04. The maximum atomic E-state index is 6.04. The lowest BCUT2D eigenvalue weighted by Gasteiger charge is -2.26. The van der Waals surface area contributed by atoms with Gasteiger partial charge < -0.3 is 15.2 Å². The number of benzene rings is 1. The van der Waals surface area contributed by atoms with E-state index >= 15 is 0 Å². The van der Waals surface area contributed by atoms with Crippen LogP contribution >= 0.6 is 0 Å². The summed E-state index contributed by atoms with van der Waals surface area (Å²) in [6.07, 6.45) is 6.24. The van der Waals surface area contributed by atoms with E-state index in [1.54, 1.807) is 7.11 Å². The first-order valence-corrected chi connectivity index (χ1v) is 7.73. The van der Waals surface area contributed by atoms with Crippen LogP contribution in [0.15, 0.2) is 6.07 Å². The monoisotopic (exact) mass is 273 g/mol. The Bertz CT molecular complexity index is 563. The van der Waals surface area contributed by atoms with Crippen molar-refractivity contribution in [2.45, 2.75) is 49.4 Å². The average molecular weight is 273 g/mol. The van der Waals surface area contributed by atoms with Crippen molar-refractivity contribution in [1.29, 1.82) is 0 Å². The lowest BCUT2D eigenvalue weighted by Crippen LogP contribution is -2.22. The van der Waals surface area contributed by atoms with Crippen LogP contribution in [0, 0.1) is 0 Å². The SMILES string of the molecule is COc1cc(C2(CN)CC2)c(OC)c2c1C1CCC2C1. The zero-order valence-corrected chi connectivity index (χ0v) is 12.4. The summed E-state index contributed by atoms with van der Waals surface area (Å²) in [5.74, 6) is 3.55. The molecule has 3 nitrogen and oxygen atoms in total. The second kappa shape index (κ2) is 4.14. The Balaban J connectivity index is 1.96. The summed E-state index contributed by atoms with van der Waals surface area (Å²) in [4.78, 5) is 0. The molecular weight excluding hydrogens is 250 g/mol. The van der Waals surface area contributed by atoms with Crippen LogP contribution < -0.4 is 15.2 Å². The summed E-state index contributed by atoms with van der Waals surface area (Å²) in [6, 6.07) is 2.22. The smallest absolute Gasteiger partial charge is 0.126 e. The van der Waals surface area contributed by atoms with Crippen LogP contribution in [-0.4, -0.2) is 20.8 Å². The predicted molar refractivity (Wildman–Crippen MR) is 78.8 cm³/mol. The molecular formula is C17H23NO2. The van der Waals surface area contributed by atoms with Crippen molar-refractivity contribution in [3.8, 4) is 11.5 Å². The van der Waals surface area contributed by atoms with E-state index in [0.717, 1.165) is 11.5 Å². The Kier molecular flexibility index (Phi) is 2.59. The first-order valence-electron chi connectivity index (χ1n) is 7.73. The highest BCUT2D eigenvalue weighted by Crippen LogP contribution is 2.62. The van der Waals surface area contributed by atoms with Crippen molar-refractivity contribution in [2.24, 2.45) is 5.73 Å². The Morgan fingerprint density at radius 3 is 2.40 bits per heavy atom. The highest BCUT2D eigenvalue weighted by Gasteiger charge is 2.49. The Morgan fingerprint density at radius 2 is 1.85 bits per heavy atom. The van der Waals surface area contributed by atoms with Gasteiger partial charge in [-0.25, -0.2) is 0 Å². The minimum absolute atomic E-state index is 0.148. The third kappa shape index (κ3) is 1.44. The molecule has 0 amide bonds. The second-order valence-corrected chi connectivity index (χ2v) is 6.68. The summed E-state index contributed by atoms with van der Waals surface area (Å²) in [6.45, 7) is 0.708. The third-order valence-electron chi connectivity index (χ3n) is 5.81. The normalized spacial score (nSPS) is 28.4. The Labute approximate surface area is 120 Å². The minimum atomic E-state index is 0.148. The number of nitrogens with two attached hydrogens (primary N) is 1. The van der Waals surface area contributed by atoms with E-state index in [-0.39, 0.29) is 5.41 Å². The average Bonchev–Trinajstić information content (AvgIpc) is 3.02. The van der Waals surface area contributed by atoms with Gasteiger partial charge in [-0.05, 0) is 50.0 Å². The Hall–Kier alpha value is -1.22. The molecule has 2 N–H and O–H groups in total. The molecule has 3 heteroatoms. The number of hydrogen-bond acceptors (Lipinski definition) is 3. The molecule has 4 rings (SSSR count). The summed E-state index contributed by atoms with van der Waals surface area (Å²) in [5, 5.41) is 0. The van der Waals surface area contributed by atoms with Crippen LogP contribution in [0.1, 0.15) is 60.6 Å². The van der Waals surface area contributed by atoms with Crippen molar-refractivity contribution < 1.29 is 9.47 Å². The van der Waals surface area contributed by atoms with Gasteiger partial charge in [-0.15, -0.1) is 0 Å². The molecule has 1 aromatic rings. The number of rotatable bonds is 4. The van der Waals surface area contributed by atoms with Gasteiger partial charge >= 0.3 is 0 Å². The number of ether oxygens (including phenoxy) is 2. The summed E-state index contributed by atoms with van der Waals surface area (Å²) < 4.78 is 11.6. The molecule has 108 valence electrons. The fourth-order valence-corrected chi connectivity index (χ4v) is 4.52. The molecule has 3 aliphatic carbocycles. The quantitative estimate of drug-likeness (QED) is 0.917. The molecule has 0 aliphatic heterocycles. The molecule has 20 heavy (non-hydrogen) atoms. The van der Waals surface area contributed by atoms with Gasteiger partial charge in [-0.3, -0.25) is 0 Å². The highest BCUT2D eigenvalue weighted by atomic mass is 16.5. The molecule has 2 fully saturated rings. The van der Waals surface area contributed by atoms with Gasteiger partial charge in [0.15, 0.2) is 0 Å². The van der Waals surface area contributed by atoms with Gasteiger partial charge in [0.2, 0.25) is 0 Å². The van der Waals surface area contributed by atoms with Crippen LogP contribution in [0.3, 0.4) is 0 Å². The molecule has 2 unspecified atom stereocenters. The zero-order chi connectivity index (χ0) is 13.9. The lowest BCUT2D eigenvalue weighted by atomic mass is 9.84. The van der Waals surface area contributed by atoms with Gasteiger partial charge in [-0.1, -0.05) is 0 Å². The summed E-state index contributed by atoms with van der Waals surface area (Å²) in [5.41, 5.74) is 10.4. The molecule has 0 heterocycles. The van der Waals surface area contributed by atoms with E-state index in [1.807, 2.05) is 7.11 Å². The van der Waals surface area contributed by atoms with Gasteiger partial charge in [0.25, 0.3) is 0 Å². The maximum Gasteiger partial charge on any atom is 0.126 e. The van der Waals surface area contributed by atoms with Crippen LogP contribution in [-0.2, 0) is 5.41 Å². The fourth-order valence-electron chi connectivity index (χ4n) is 4.52. The standard InChI is InChI=1S/C17H23NO2/c1-19-13-8-12(17(9-18)5-6-17)16(20-2)15-11-4-3-10(7-11)14(13)15/h8,10-11H,3-7,9,18H2,1-2H3. The first-order chi connectivity index (χ1) is 9.74. The molecule has 0 spiro atoms. The zero-order valence-electron chi connectivity index (χ0n) is 12.4. The lowest BCUT2D eigenvalue weighted by molar-refractivity contribution is 0.382. The predicted octanol–water partition coefficient (Wildman–Crippen LogP) is 3.06. The van der Waals surface area contributed by atoms with Crippen molar-refractivity contribution in [1.82, 2.24) is 0 Å². The van der Waals surface area contributed by atoms with Gasteiger partial charge in [0.05, 0.1) is 14.2 Å². The topological polar surface area (TPSA) is 44.5 Å². The summed E-state index contributed by atoms with van der Waals surface area (Å²) >= 11 is 0. The van der Waals surface area contributed by atoms with E-state index in [0.29, 0.717) is 18.4 Å². The molecule has 2 bridgehead atoms. The van der Waals surface area contributed by atoms with Crippen LogP contribution in [0.2, 0.25) is 0 Å². The fraction of sp³-hybridized carbons (Fsp3) is 0.647. The van der Waals surface area contributed by atoms with E-state index in [2.05, 4.69) is 6.07 Å². The number of fused-ring (bicyclic) bond motifs is 5. The Morgan fingerprint density at radius 1 is 1.15 bits per heavy atom. The first kappa shape index (κ1) is 12.5. The van der Waals surface area contributed by atoms with Crippen molar-refractivity contribution in [3.05, 3.63) is 22.8 Å². The number of hydrogen-bond donors (Lipinski definition) is 1. The van der Waals surface area contributed by atoms with Gasteiger partial charge in [0, 0.05) is 28.7 Å². The van der Waals surface area contributed by atoms with Crippen LogP contribution in [0.5, 0.6) is 11.5 Å². The van der Waals surface area contributed by atoms with E-state index < -0.39 is 0 Å². The summed E-state index contributed by atoms with van der Waals surface area (Å²) in [7, 11) is 3.60. The van der Waals surface area contributed by atoms with E-state index in [1.165, 1.54) is 48.8 Å². The molecule has 3 aliphatic rings. The molecule has 0 radical (unpaired) electrons. The molecule has 0 aromatic heterocycles. The van der Waals surface area contributed by atoms with Crippen molar-refractivity contribution in [3.63, 3.8) is 0 Å². The molecule has 1 aromatic carbocycles. The van der Waals surface area contributed by atoms with E-state index in [4.69, 9.17) is 15.2 Å². The van der Waals surface area contributed by atoms with Crippen molar-refractivity contribution in [2.75, 3.05) is 20.8 Å². The molecule has 0 saturated heterocycles. The highest BCUT2D eigenvalue weighted by molar-refractivity contribution is 5.63. The van der Waals surface area contributed by atoms with Crippen LogP contribution in [0.4, 0.5) is 0 Å². The van der Waals surface area contributed by atoms with Crippen molar-refractivity contribution >= 4 is 0 Å². The van der Waals surface area contributed by atoms with Gasteiger partial charge in [-0.2, -0.15) is 0 Å². The third-order valence-corrected chi connectivity index (χ3v) is 5.81. The van der Waals surface area contributed by atoms with E-state index in [9.17, 15) is 0 Å². The minimum Gasteiger partial charge on any atom is -0.496 e. The molecule has 2 saturated carbocycles. The number of methoxy groups -OCH3 is 2. The largest absolute Gasteiger partial charge is 0.496 e. The van der Waals surface area contributed by atoms with Gasteiger partial charge in [0.1, 0.15) is 11.5 Å².